The van der Waals surface area contributed by atoms with Crippen LogP contribution in [0.2, 0.25) is 5.02 Å². The Morgan fingerprint density at radius 2 is 2.00 bits per heavy atom. The lowest BCUT2D eigenvalue weighted by molar-refractivity contribution is 0.102. The van der Waals surface area contributed by atoms with Crippen molar-refractivity contribution in [2.45, 2.75) is 0 Å². The average Bonchev–Trinajstić information content (AvgIpc) is 2.47. The molecule has 0 fully saturated rings. The summed E-state index contributed by atoms with van der Waals surface area (Å²) in [5.41, 5.74) is 0.723. The van der Waals surface area contributed by atoms with Crippen LogP contribution in [0.25, 0.3) is 0 Å². The molecule has 0 atom stereocenters. The molecule has 1 N–H and O–H groups in total. The molecule has 0 bridgehead atoms. The number of carbonyl (C=O) groups is 1. The van der Waals surface area contributed by atoms with Crippen molar-refractivity contribution in [2.24, 2.45) is 0 Å². The van der Waals surface area contributed by atoms with E-state index in [-0.39, 0.29) is 11.6 Å². The van der Waals surface area contributed by atoms with Gasteiger partial charge in [0, 0.05) is 11.1 Å². The van der Waals surface area contributed by atoms with Gasteiger partial charge in [0.05, 0.1) is 19.9 Å². The first-order chi connectivity index (χ1) is 9.63. The zero-order chi connectivity index (χ0) is 14.5. The minimum Gasteiger partial charge on any atom is -0.495 e. The SMILES string of the molecule is COc1cccc(C(=O)Nc2cc(Cl)ccc2OC)n1. The van der Waals surface area contributed by atoms with Crippen LogP contribution in [-0.4, -0.2) is 25.1 Å². The highest BCUT2D eigenvalue weighted by molar-refractivity contribution is 6.31. The van der Waals surface area contributed by atoms with Crippen LogP contribution in [0.15, 0.2) is 36.4 Å². The second-order valence-corrected chi connectivity index (χ2v) is 4.30. The van der Waals surface area contributed by atoms with Gasteiger partial charge in [0.25, 0.3) is 5.91 Å². The molecule has 1 aromatic heterocycles. The molecule has 2 rings (SSSR count). The van der Waals surface area contributed by atoms with E-state index >= 15 is 0 Å². The first-order valence-corrected chi connectivity index (χ1v) is 6.18. The Kier molecular flexibility index (Phi) is 4.42. The number of benzene rings is 1. The zero-order valence-corrected chi connectivity index (χ0v) is 11.8. The Hall–Kier alpha value is -2.27. The van der Waals surface area contributed by atoms with Gasteiger partial charge in [-0.25, -0.2) is 4.98 Å². The summed E-state index contributed by atoms with van der Waals surface area (Å²) in [5, 5.41) is 3.20. The van der Waals surface area contributed by atoms with Gasteiger partial charge >= 0.3 is 0 Å². The zero-order valence-electron chi connectivity index (χ0n) is 11.0. The molecule has 0 saturated heterocycles. The third kappa shape index (κ3) is 3.19. The van der Waals surface area contributed by atoms with Crippen molar-refractivity contribution < 1.29 is 14.3 Å². The molecule has 1 heterocycles. The maximum Gasteiger partial charge on any atom is 0.274 e. The molecular formula is C14H13ClN2O3. The van der Waals surface area contributed by atoms with Crippen LogP contribution in [0.1, 0.15) is 10.5 Å². The van der Waals surface area contributed by atoms with Gasteiger partial charge in [-0.3, -0.25) is 4.79 Å². The summed E-state index contributed by atoms with van der Waals surface area (Å²) >= 11 is 5.91. The molecule has 0 spiro atoms. The van der Waals surface area contributed by atoms with E-state index in [9.17, 15) is 4.79 Å². The molecule has 0 unspecified atom stereocenters. The number of ether oxygens (including phenoxy) is 2. The molecule has 0 aliphatic heterocycles. The number of pyridine rings is 1. The fourth-order valence-corrected chi connectivity index (χ4v) is 1.79. The van der Waals surface area contributed by atoms with E-state index in [0.717, 1.165) is 0 Å². The fourth-order valence-electron chi connectivity index (χ4n) is 1.62. The van der Waals surface area contributed by atoms with E-state index in [4.69, 9.17) is 21.1 Å². The van der Waals surface area contributed by atoms with Gasteiger partial charge in [-0.15, -0.1) is 0 Å². The third-order valence-corrected chi connectivity index (χ3v) is 2.81. The summed E-state index contributed by atoms with van der Waals surface area (Å²) in [6.45, 7) is 0. The van der Waals surface area contributed by atoms with E-state index in [0.29, 0.717) is 22.3 Å². The van der Waals surface area contributed by atoms with Gasteiger partial charge in [0.2, 0.25) is 5.88 Å². The molecule has 0 aliphatic rings. The van der Waals surface area contributed by atoms with Crippen molar-refractivity contribution in [1.82, 2.24) is 4.98 Å². The summed E-state index contributed by atoms with van der Waals surface area (Å²) in [6, 6.07) is 9.91. The lowest BCUT2D eigenvalue weighted by Crippen LogP contribution is -2.14. The van der Waals surface area contributed by atoms with Crippen LogP contribution in [0.5, 0.6) is 11.6 Å². The van der Waals surface area contributed by atoms with E-state index in [1.807, 2.05) is 0 Å². The quantitative estimate of drug-likeness (QED) is 0.941. The number of nitrogens with zero attached hydrogens (tertiary/aromatic N) is 1. The van der Waals surface area contributed by atoms with Crippen LogP contribution >= 0.6 is 11.6 Å². The van der Waals surface area contributed by atoms with Gasteiger partial charge in [0.1, 0.15) is 11.4 Å². The Morgan fingerprint density at radius 1 is 1.20 bits per heavy atom. The Labute approximate surface area is 121 Å². The summed E-state index contributed by atoms with van der Waals surface area (Å²) in [6.07, 6.45) is 0. The highest BCUT2D eigenvalue weighted by atomic mass is 35.5. The highest BCUT2D eigenvalue weighted by Crippen LogP contribution is 2.28. The Balaban J connectivity index is 2.25. The number of carbonyl (C=O) groups excluding carboxylic acids is 1. The topological polar surface area (TPSA) is 60.5 Å². The molecule has 0 aliphatic carbocycles. The van der Waals surface area contributed by atoms with E-state index in [2.05, 4.69) is 10.3 Å². The fraction of sp³-hybridized carbons (Fsp3) is 0.143. The van der Waals surface area contributed by atoms with Crippen LogP contribution in [0.3, 0.4) is 0 Å². The maximum atomic E-state index is 12.1. The molecule has 1 aromatic carbocycles. The van der Waals surface area contributed by atoms with Crippen molar-refractivity contribution in [3.05, 3.63) is 47.1 Å². The minimum atomic E-state index is -0.371. The number of methoxy groups -OCH3 is 2. The molecule has 2 aromatic rings. The minimum absolute atomic E-state index is 0.242. The number of hydrogen-bond acceptors (Lipinski definition) is 4. The molecular weight excluding hydrogens is 280 g/mol. The van der Waals surface area contributed by atoms with Crippen molar-refractivity contribution in [3.63, 3.8) is 0 Å². The number of amides is 1. The summed E-state index contributed by atoms with van der Waals surface area (Å²) < 4.78 is 10.1. The molecule has 1 amide bonds. The average molecular weight is 293 g/mol. The number of hydrogen-bond donors (Lipinski definition) is 1. The highest BCUT2D eigenvalue weighted by Gasteiger charge is 2.12. The second-order valence-electron chi connectivity index (χ2n) is 3.86. The monoisotopic (exact) mass is 292 g/mol. The maximum absolute atomic E-state index is 12.1. The number of aromatic nitrogens is 1. The van der Waals surface area contributed by atoms with Crippen LogP contribution in [0, 0.1) is 0 Å². The predicted octanol–water partition coefficient (Wildman–Crippen LogP) is 3.00. The summed E-state index contributed by atoms with van der Waals surface area (Å²) in [4.78, 5) is 16.2. The van der Waals surface area contributed by atoms with E-state index in [1.54, 1.807) is 36.4 Å². The molecule has 104 valence electrons. The molecule has 6 heteroatoms. The smallest absolute Gasteiger partial charge is 0.274 e. The van der Waals surface area contributed by atoms with Crippen molar-refractivity contribution in [3.8, 4) is 11.6 Å². The van der Waals surface area contributed by atoms with Gasteiger partial charge in [-0.1, -0.05) is 17.7 Å². The van der Waals surface area contributed by atoms with Crippen LogP contribution in [-0.2, 0) is 0 Å². The van der Waals surface area contributed by atoms with E-state index in [1.165, 1.54) is 14.2 Å². The van der Waals surface area contributed by atoms with Crippen molar-refractivity contribution in [2.75, 3.05) is 19.5 Å². The Bertz CT molecular complexity index is 632. The standard InChI is InChI=1S/C14H13ClN2O3/c1-19-12-7-6-9(15)8-11(12)17-14(18)10-4-3-5-13(16-10)20-2/h3-8H,1-2H3,(H,17,18). The number of anilines is 1. The number of rotatable bonds is 4. The van der Waals surface area contributed by atoms with Gasteiger partial charge in [0.15, 0.2) is 0 Å². The van der Waals surface area contributed by atoms with Crippen molar-refractivity contribution in [1.29, 1.82) is 0 Å². The summed E-state index contributed by atoms with van der Waals surface area (Å²) in [7, 11) is 3.01. The van der Waals surface area contributed by atoms with Gasteiger partial charge in [-0.05, 0) is 24.3 Å². The Morgan fingerprint density at radius 3 is 2.70 bits per heavy atom. The molecule has 5 nitrogen and oxygen atoms in total. The van der Waals surface area contributed by atoms with E-state index < -0.39 is 0 Å². The predicted molar refractivity (Wildman–Crippen MR) is 76.7 cm³/mol. The lowest BCUT2D eigenvalue weighted by atomic mass is 10.2. The molecule has 0 saturated carbocycles. The second kappa shape index (κ2) is 6.25. The first-order valence-electron chi connectivity index (χ1n) is 5.80. The first kappa shape index (κ1) is 14.1. The van der Waals surface area contributed by atoms with Gasteiger partial charge < -0.3 is 14.8 Å². The van der Waals surface area contributed by atoms with Crippen LogP contribution < -0.4 is 14.8 Å². The normalized spacial score (nSPS) is 9.95. The lowest BCUT2D eigenvalue weighted by Gasteiger charge is -2.10. The van der Waals surface area contributed by atoms with Gasteiger partial charge in [-0.2, -0.15) is 0 Å². The largest absolute Gasteiger partial charge is 0.495 e. The third-order valence-electron chi connectivity index (χ3n) is 2.58. The summed E-state index contributed by atoms with van der Waals surface area (Å²) in [5.74, 6) is 0.519. The molecule has 20 heavy (non-hydrogen) atoms. The van der Waals surface area contributed by atoms with Crippen molar-refractivity contribution >= 4 is 23.2 Å². The van der Waals surface area contributed by atoms with Crippen LogP contribution in [0.4, 0.5) is 5.69 Å². The number of nitrogens with one attached hydrogen (secondary N) is 1. The number of halogens is 1. The molecule has 0 radical (unpaired) electrons.